The number of aliphatic hydroxyl groups is 1. The maximum Gasteiger partial charge on any atom is 0.0691 e. The Balaban J connectivity index is 2.28. The lowest BCUT2D eigenvalue weighted by atomic mass is 9.82. The van der Waals surface area contributed by atoms with Gasteiger partial charge < -0.3 is 10.8 Å². The van der Waals surface area contributed by atoms with E-state index in [1.54, 1.807) is 0 Å². The van der Waals surface area contributed by atoms with Crippen LogP contribution in [0.3, 0.4) is 0 Å². The van der Waals surface area contributed by atoms with E-state index in [1.807, 2.05) is 0 Å². The zero-order valence-electron chi connectivity index (χ0n) is 7.29. The van der Waals surface area contributed by atoms with Crippen LogP contribution in [0.15, 0.2) is 0 Å². The number of rotatable bonds is 2. The molecule has 0 aromatic rings. The van der Waals surface area contributed by atoms with Crippen LogP contribution >= 0.6 is 0 Å². The largest absolute Gasteiger partial charge is 0.392 e. The second-order valence-corrected chi connectivity index (χ2v) is 3.70. The molecule has 0 heterocycles. The molecule has 0 spiro atoms. The summed E-state index contributed by atoms with van der Waals surface area (Å²) in [7, 11) is 0. The Morgan fingerprint density at radius 1 is 1.45 bits per heavy atom. The van der Waals surface area contributed by atoms with Gasteiger partial charge >= 0.3 is 0 Å². The molecule has 1 aliphatic rings. The summed E-state index contributed by atoms with van der Waals surface area (Å²) >= 11 is 0. The van der Waals surface area contributed by atoms with Crippen LogP contribution in [0.4, 0.5) is 0 Å². The van der Waals surface area contributed by atoms with Gasteiger partial charge in [-0.15, -0.1) is 0 Å². The van der Waals surface area contributed by atoms with Gasteiger partial charge in [0.05, 0.1) is 6.10 Å². The zero-order valence-corrected chi connectivity index (χ0v) is 7.29. The van der Waals surface area contributed by atoms with Gasteiger partial charge in [-0.25, -0.2) is 0 Å². The van der Waals surface area contributed by atoms with Crippen LogP contribution in [0.25, 0.3) is 0 Å². The van der Waals surface area contributed by atoms with E-state index in [1.165, 1.54) is 19.3 Å². The van der Waals surface area contributed by atoms with Crippen LogP contribution < -0.4 is 5.73 Å². The lowest BCUT2D eigenvalue weighted by Crippen LogP contribution is -2.40. The molecule has 0 aliphatic heterocycles. The first kappa shape index (κ1) is 9.01. The normalized spacial score (nSPS) is 39.0. The maximum absolute atomic E-state index is 9.34. The first-order valence-corrected chi connectivity index (χ1v) is 4.67. The molecule has 0 saturated heterocycles. The predicted octanol–water partition coefficient (Wildman–Crippen LogP) is 1.27. The molecule has 2 nitrogen and oxygen atoms in total. The Morgan fingerprint density at radius 3 is 2.73 bits per heavy atom. The summed E-state index contributed by atoms with van der Waals surface area (Å²) < 4.78 is 0. The molecule has 3 atom stereocenters. The van der Waals surface area contributed by atoms with Gasteiger partial charge in [0.25, 0.3) is 0 Å². The van der Waals surface area contributed by atoms with E-state index in [2.05, 4.69) is 6.92 Å². The van der Waals surface area contributed by atoms with E-state index in [0.717, 1.165) is 18.8 Å². The molecule has 0 bridgehead atoms. The van der Waals surface area contributed by atoms with Crippen molar-refractivity contribution in [2.24, 2.45) is 11.7 Å². The second kappa shape index (κ2) is 4.07. The first-order valence-electron chi connectivity index (χ1n) is 4.67. The summed E-state index contributed by atoms with van der Waals surface area (Å²) in [6, 6.07) is 0.0419. The van der Waals surface area contributed by atoms with Crippen molar-refractivity contribution < 1.29 is 5.11 Å². The van der Waals surface area contributed by atoms with Crippen molar-refractivity contribution >= 4 is 0 Å². The van der Waals surface area contributed by atoms with Crippen molar-refractivity contribution in [2.45, 2.75) is 51.2 Å². The Morgan fingerprint density at radius 2 is 2.18 bits per heavy atom. The molecule has 11 heavy (non-hydrogen) atoms. The van der Waals surface area contributed by atoms with Crippen LogP contribution in [0, 0.1) is 5.92 Å². The third-order valence-electron chi connectivity index (χ3n) is 2.67. The highest BCUT2D eigenvalue weighted by Gasteiger charge is 2.25. The molecule has 0 radical (unpaired) electrons. The van der Waals surface area contributed by atoms with Gasteiger partial charge in [0.2, 0.25) is 0 Å². The monoisotopic (exact) mass is 157 g/mol. The highest BCUT2D eigenvalue weighted by atomic mass is 16.3. The van der Waals surface area contributed by atoms with Crippen molar-refractivity contribution in [3.63, 3.8) is 0 Å². The fourth-order valence-electron chi connectivity index (χ4n) is 1.95. The van der Waals surface area contributed by atoms with E-state index in [9.17, 15) is 5.11 Å². The number of hydrogen-bond acceptors (Lipinski definition) is 2. The third-order valence-corrected chi connectivity index (χ3v) is 2.67. The van der Waals surface area contributed by atoms with Gasteiger partial charge in [0.1, 0.15) is 0 Å². The fraction of sp³-hybridized carbons (Fsp3) is 1.00. The van der Waals surface area contributed by atoms with Gasteiger partial charge in [-0.3, -0.25) is 0 Å². The van der Waals surface area contributed by atoms with Crippen molar-refractivity contribution in [2.75, 3.05) is 0 Å². The predicted molar refractivity (Wildman–Crippen MR) is 46.2 cm³/mol. The Labute approximate surface area is 68.8 Å². The molecule has 2 heteroatoms. The standard InChI is InChI=1S/C9H19NO/c1-2-3-7-4-5-9(11)8(10)6-7/h7-9,11H,2-6,10H2,1H3. The lowest BCUT2D eigenvalue weighted by Gasteiger charge is -2.30. The minimum Gasteiger partial charge on any atom is -0.392 e. The Kier molecular flexibility index (Phi) is 3.34. The third kappa shape index (κ3) is 2.46. The summed E-state index contributed by atoms with van der Waals surface area (Å²) in [6.45, 7) is 2.20. The summed E-state index contributed by atoms with van der Waals surface area (Å²) in [6.07, 6.45) is 5.39. The summed E-state index contributed by atoms with van der Waals surface area (Å²) in [4.78, 5) is 0. The molecular weight excluding hydrogens is 138 g/mol. The summed E-state index contributed by atoms with van der Waals surface area (Å²) in [5, 5.41) is 9.34. The van der Waals surface area contributed by atoms with E-state index >= 15 is 0 Å². The van der Waals surface area contributed by atoms with Gasteiger partial charge in [0, 0.05) is 6.04 Å². The van der Waals surface area contributed by atoms with Crippen molar-refractivity contribution in [1.82, 2.24) is 0 Å². The average Bonchev–Trinajstić information content (AvgIpc) is 1.98. The molecule has 3 unspecified atom stereocenters. The fourth-order valence-corrected chi connectivity index (χ4v) is 1.95. The minimum absolute atomic E-state index is 0.0419. The SMILES string of the molecule is CCCC1CCC(O)C(N)C1. The van der Waals surface area contributed by atoms with Crippen LogP contribution in [0.5, 0.6) is 0 Å². The molecule has 1 saturated carbocycles. The quantitative estimate of drug-likeness (QED) is 0.634. The van der Waals surface area contributed by atoms with E-state index in [0.29, 0.717) is 0 Å². The van der Waals surface area contributed by atoms with Crippen LogP contribution in [0.2, 0.25) is 0 Å². The van der Waals surface area contributed by atoms with Crippen molar-refractivity contribution in [3.05, 3.63) is 0 Å². The topological polar surface area (TPSA) is 46.2 Å². The van der Waals surface area contributed by atoms with Gasteiger partial charge in [-0.05, 0) is 25.2 Å². The smallest absolute Gasteiger partial charge is 0.0691 e. The van der Waals surface area contributed by atoms with Gasteiger partial charge in [0.15, 0.2) is 0 Å². The molecule has 1 fully saturated rings. The minimum atomic E-state index is -0.233. The molecule has 0 amide bonds. The van der Waals surface area contributed by atoms with E-state index in [-0.39, 0.29) is 12.1 Å². The van der Waals surface area contributed by atoms with Crippen LogP contribution in [-0.4, -0.2) is 17.3 Å². The summed E-state index contributed by atoms with van der Waals surface area (Å²) in [5.41, 5.74) is 5.75. The summed E-state index contributed by atoms with van der Waals surface area (Å²) in [5.74, 6) is 0.776. The molecule has 0 aromatic heterocycles. The van der Waals surface area contributed by atoms with E-state index < -0.39 is 0 Å². The maximum atomic E-state index is 9.34. The second-order valence-electron chi connectivity index (χ2n) is 3.70. The zero-order chi connectivity index (χ0) is 8.27. The number of nitrogens with two attached hydrogens (primary N) is 1. The molecule has 1 rings (SSSR count). The molecule has 66 valence electrons. The molecule has 0 aromatic carbocycles. The Hall–Kier alpha value is -0.0800. The van der Waals surface area contributed by atoms with Crippen LogP contribution in [-0.2, 0) is 0 Å². The first-order chi connectivity index (χ1) is 5.24. The van der Waals surface area contributed by atoms with Gasteiger partial charge in [-0.1, -0.05) is 19.8 Å². The molecule has 3 N–H and O–H groups in total. The van der Waals surface area contributed by atoms with Crippen molar-refractivity contribution in [3.8, 4) is 0 Å². The van der Waals surface area contributed by atoms with Crippen molar-refractivity contribution in [1.29, 1.82) is 0 Å². The van der Waals surface area contributed by atoms with Crippen LogP contribution in [0.1, 0.15) is 39.0 Å². The number of aliphatic hydroxyl groups excluding tert-OH is 1. The number of hydrogen-bond donors (Lipinski definition) is 2. The van der Waals surface area contributed by atoms with E-state index in [4.69, 9.17) is 5.73 Å². The molecule has 1 aliphatic carbocycles. The highest BCUT2D eigenvalue weighted by molar-refractivity contribution is 4.81. The van der Waals surface area contributed by atoms with Gasteiger partial charge in [-0.2, -0.15) is 0 Å². The molecular formula is C9H19NO. The highest BCUT2D eigenvalue weighted by Crippen LogP contribution is 2.26. The average molecular weight is 157 g/mol. The Bertz CT molecular complexity index is 116. The lowest BCUT2D eigenvalue weighted by molar-refractivity contribution is 0.0845.